The van der Waals surface area contributed by atoms with Crippen LogP contribution in [0, 0.1) is 0 Å². The third-order valence-electron chi connectivity index (χ3n) is 3.35. The second-order valence-electron chi connectivity index (χ2n) is 4.81. The summed E-state index contributed by atoms with van der Waals surface area (Å²) in [6.07, 6.45) is 0.655. The lowest BCUT2D eigenvalue weighted by atomic mass is 10.1. The highest BCUT2D eigenvalue weighted by Crippen LogP contribution is 2.23. The monoisotopic (exact) mass is 383 g/mol. The molecule has 118 valence electrons. The minimum Gasteiger partial charge on any atom is -0.497 e. The number of hydrogen-bond donors (Lipinski definition) is 1. The Kier molecular flexibility index (Phi) is 5.61. The van der Waals surface area contributed by atoms with Crippen LogP contribution in [0.3, 0.4) is 0 Å². The maximum atomic E-state index is 12.5. The molecule has 0 saturated carbocycles. The van der Waals surface area contributed by atoms with Gasteiger partial charge in [-0.2, -0.15) is 0 Å². The molecule has 2 aromatic rings. The lowest BCUT2D eigenvalue weighted by Crippen LogP contribution is -2.28. The zero-order valence-electron chi connectivity index (χ0n) is 12.4. The molecule has 0 unspecified atom stereocenters. The minimum absolute atomic E-state index is 0.252. The summed E-state index contributed by atoms with van der Waals surface area (Å²) in [6, 6.07) is 13.7. The van der Waals surface area contributed by atoms with E-state index in [1.54, 1.807) is 31.4 Å². The number of sulfonamides is 1. The summed E-state index contributed by atoms with van der Waals surface area (Å²) in [4.78, 5) is 0.252. The van der Waals surface area contributed by atoms with E-state index in [0.717, 1.165) is 15.8 Å². The average molecular weight is 384 g/mol. The molecule has 0 aliphatic heterocycles. The van der Waals surface area contributed by atoms with Crippen molar-refractivity contribution < 1.29 is 13.2 Å². The Morgan fingerprint density at radius 3 is 2.18 bits per heavy atom. The van der Waals surface area contributed by atoms with Gasteiger partial charge < -0.3 is 4.74 Å². The first-order valence-corrected chi connectivity index (χ1v) is 9.15. The van der Waals surface area contributed by atoms with Crippen molar-refractivity contribution in [3.63, 3.8) is 0 Å². The van der Waals surface area contributed by atoms with Gasteiger partial charge in [0.15, 0.2) is 0 Å². The van der Waals surface area contributed by atoms with Gasteiger partial charge in [0, 0.05) is 10.5 Å². The predicted octanol–water partition coefficient (Wildman–Crippen LogP) is 3.89. The fraction of sp³-hybridized carbons (Fsp3) is 0.250. The van der Waals surface area contributed by atoms with Crippen LogP contribution < -0.4 is 9.46 Å². The molecule has 22 heavy (non-hydrogen) atoms. The largest absolute Gasteiger partial charge is 0.497 e. The molecule has 0 aliphatic rings. The second-order valence-corrected chi connectivity index (χ2v) is 7.44. The Bertz CT molecular complexity index is 712. The fourth-order valence-corrected chi connectivity index (χ4v) is 3.66. The van der Waals surface area contributed by atoms with E-state index in [1.165, 1.54) is 0 Å². The fourth-order valence-electron chi connectivity index (χ4n) is 2.09. The van der Waals surface area contributed by atoms with Crippen molar-refractivity contribution in [2.75, 3.05) is 7.11 Å². The Balaban J connectivity index is 2.22. The Hall–Kier alpha value is -1.37. The van der Waals surface area contributed by atoms with Crippen molar-refractivity contribution in [2.24, 2.45) is 0 Å². The molecule has 1 N–H and O–H groups in total. The van der Waals surface area contributed by atoms with Gasteiger partial charge in [-0.1, -0.05) is 35.0 Å². The summed E-state index contributed by atoms with van der Waals surface area (Å²) < 4.78 is 33.6. The smallest absolute Gasteiger partial charge is 0.241 e. The molecule has 4 nitrogen and oxygen atoms in total. The van der Waals surface area contributed by atoms with Gasteiger partial charge >= 0.3 is 0 Å². The predicted molar refractivity (Wildman–Crippen MR) is 90.5 cm³/mol. The van der Waals surface area contributed by atoms with Gasteiger partial charge in [0.25, 0.3) is 0 Å². The van der Waals surface area contributed by atoms with Crippen LogP contribution in [0.15, 0.2) is 57.9 Å². The van der Waals surface area contributed by atoms with Gasteiger partial charge in [-0.05, 0) is 48.4 Å². The maximum absolute atomic E-state index is 12.5. The van der Waals surface area contributed by atoms with Crippen molar-refractivity contribution in [3.05, 3.63) is 58.6 Å². The number of rotatable bonds is 6. The van der Waals surface area contributed by atoms with Crippen molar-refractivity contribution in [3.8, 4) is 5.75 Å². The topological polar surface area (TPSA) is 55.4 Å². The first kappa shape index (κ1) is 17.0. The lowest BCUT2D eigenvalue weighted by molar-refractivity contribution is 0.414. The van der Waals surface area contributed by atoms with Gasteiger partial charge in [0.2, 0.25) is 10.0 Å². The van der Waals surface area contributed by atoms with Crippen LogP contribution in [0.1, 0.15) is 24.9 Å². The van der Waals surface area contributed by atoms with E-state index in [0.29, 0.717) is 6.42 Å². The molecule has 0 bridgehead atoms. The lowest BCUT2D eigenvalue weighted by Gasteiger charge is -2.18. The highest BCUT2D eigenvalue weighted by Gasteiger charge is 2.20. The molecule has 0 aromatic heterocycles. The minimum atomic E-state index is -3.55. The van der Waals surface area contributed by atoms with E-state index in [2.05, 4.69) is 20.7 Å². The SMILES string of the molecule is CC[C@@H](NS(=O)(=O)c1ccc(Br)cc1)c1ccc(OC)cc1. The Morgan fingerprint density at radius 1 is 1.09 bits per heavy atom. The van der Waals surface area contributed by atoms with Crippen molar-refractivity contribution >= 4 is 26.0 Å². The van der Waals surface area contributed by atoms with E-state index in [1.807, 2.05) is 31.2 Å². The van der Waals surface area contributed by atoms with Crippen LogP contribution in [0.25, 0.3) is 0 Å². The first-order valence-electron chi connectivity index (χ1n) is 6.88. The summed E-state index contributed by atoms with van der Waals surface area (Å²) in [7, 11) is -1.95. The second kappa shape index (κ2) is 7.26. The number of nitrogens with one attached hydrogen (secondary N) is 1. The summed E-state index contributed by atoms with van der Waals surface area (Å²) >= 11 is 3.30. The first-order chi connectivity index (χ1) is 10.5. The molecule has 2 rings (SSSR count). The molecule has 1 atom stereocenters. The zero-order chi connectivity index (χ0) is 16.2. The van der Waals surface area contributed by atoms with Crippen LogP contribution in [0.5, 0.6) is 5.75 Å². The molecule has 0 fully saturated rings. The third-order valence-corrected chi connectivity index (χ3v) is 5.36. The van der Waals surface area contributed by atoms with Crippen LogP contribution in [-0.2, 0) is 10.0 Å². The van der Waals surface area contributed by atoms with E-state index < -0.39 is 10.0 Å². The third kappa shape index (κ3) is 4.09. The van der Waals surface area contributed by atoms with Crippen molar-refractivity contribution in [1.29, 1.82) is 0 Å². The summed E-state index contributed by atoms with van der Waals surface area (Å²) in [5, 5.41) is 0. The van der Waals surface area contributed by atoms with Crippen molar-refractivity contribution in [1.82, 2.24) is 4.72 Å². The summed E-state index contributed by atoms with van der Waals surface area (Å²) in [6.45, 7) is 1.94. The quantitative estimate of drug-likeness (QED) is 0.822. The molecule has 0 heterocycles. The molecular formula is C16H18BrNO3S. The molecule has 0 radical (unpaired) electrons. The Labute approximate surface area is 139 Å². The molecule has 0 saturated heterocycles. The highest BCUT2D eigenvalue weighted by molar-refractivity contribution is 9.10. The zero-order valence-corrected chi connectivity index (χ0v) is 14.8. The number of ether oxygens (including phenoxy) is 1. The average Bonchev–Trinajstić information content (AvgIpc) is 2.53. The number of methoxy groups -OCH3 is 1. The molecular weight excluding hydrogens is 366 g/mol. The van der Waals surface area contributed by atoms with Gasteiger partial charge in [-0.15, -0.1) is 0 Å². The van der Waals surface area contributed by atoms with E-state index in [-0.39, 0.29) is 10.9 Å². The Morgan fingerprint density at radius 2 is 1.68 bits per heavy atom. The molecule has 6 heteroatoms. The van der Waals surface area contributed by atoms with E-state index in [9.17, 15) is 8.42 Å². The number of halogens is 1. The molecule has 0 amide bonds. The van der Waals surface area contributed by atoms with Gasteiger partial charge in [-0.25, -0.2) is 13.1 Å². The van der Waals surface area contributed by atoms with Gasteiger partial charge in [0.05, 0.1) is 12.0 Å². The number of benzene rings is 2. The van der Waals surface area contributed by atoms with Crippen molar-refractivity contribution in [2.45, 2.75) is 24.3 Å². The van der Waals surface area contributed by atoms with Gasteiger partial charge in [0.1, 0.15) is 5.75 Å². The van der Waals surface area contributed by atoms with E-state index in [4.69, 9.17) is 4.74 Å². The van der Waals surface area contributed by atoms with Gasteiger partial charge in [-0.3, -0.25) is 0 Å². The molecule has 2 aromatic carbocycles. The van der Waals surface area contributed by atoms with Crippen LogP contribution in [0.4, 0.5) is 0 Å². The van der Waals surface area contributed by atoms with Crippen LogP contribution in [0.2, 0.25) is 0 Å². The molecule has 0 spiro atoms. The normalized spacial score (nSPS) is 12.9. The highest BCUT2D eigenvalue weighted by atomic mass is 79.9. The van der Waals surface area contributed by atoms with Crippen LogP contribution in [-0.4, -0.2) is 15.5 Å². The van der Waals surface area contributed by atoms with E-state index >= 15 is 0 Å². The summed E-state index contributed by atoms with van der Waals surface area (Å²) in [5.41, 5.74) is 0.906. The summed E-state index contributed by atoms with van der Waals surface area (Å²) in [5.74, 6) is 0.745. The molecule has 0 aliphatic carbocycles. The number of hydrogen-bond acceptors (Lipinski definition) is 3. The standard InChI is InChI=1S/C16H18BrNO3S/c1-3-16(12-4-8-14(21-2)9-5-12)18-22(19,20)15-10-6-13(17)7-11-15/h4-11,16,18H,3H2,1-2H3/t16-/m1/s1. The maximum Gasteiger partial charge on any atom is 0.241 e. The van der Waals surface area contributed by atoms with Crippen LogP contribution >= 0.6 is 15.9 Å².